The molecule has 0 spiro atoms. The largest absolute Gasteiger partial charge is 0.479 e. The lowest BCUT2D eigenvalue weighted by Crippen LogP contribution is -2.38. The van der Waals surface area contributed by atoms with Gasteiger partial charge in [0.05, 0.1) is 0 Å². The van der Waals surface area contributed by atoms with Crippen molar-refractivity contribution in [3.63, 3.8) is 0 Å². The highest BCUT2D eigenvalue weighted by Gasteiger charge is 2.42. The van der Waals surface area contributed by atoms with E-state index >= 15 is 4.39 Å². The van der Waals surface area contributed by atoms with E-state index < -0.39 is 24.1 Å². The number of carboxylic acid groups (broad SMARTS) is 1. The van der Waals surface area contributed by atoms with Crippen molar-refractivity contribution in [2.24, 2.45) is 5.18 Å². The SMILES string of the molecule is O=NC(CC(F)(CSc1ccccc1)C(=O)O)c1ccc(-c2ccc(Cl)cc2)cc1. The number of nitrogens with zero attached hydrogens (tertiary/aromatic N) is 1. The van der Waals surface area contributed by atoms with Crippen molar-refractivity contribution >= 4 is 29.3 Å². The Morgan fingerprint density at radius 3 is 2.10 bits per heavy atom. The quantitative estimate of drug-likeness (QED) is 0.292. The zero-order chi connectivity index (χ0) is 21.6. The Morgan fingerprint density at radius 1 is 1.00 bits per heavy atom. The van der Waals surface area contributed by atoms with E-state index in [0.717, 1.165) is 27.8 Å². The van der Waals surface area contributed by atoms with Gasteiger partial charge in [-0.2, -0.15) is 4.91 Å². The average Bonchev–Trinajstić information content (AvgIpc) is 2.77. The van der Waals surface area contributed by atoms with Crippen molar-refractivity contribution in [1.82, 2.24) is 0 Å². The zero-order valence-corrected chi connectivity index (χ0v) is 17.4. The number of aliphatic carboxylic acids is 1. The van der Waals surface area contributed by atoms with Crippen molar-refractivity contribution in [1.29, 1.82) is 0 Å². The van der Waals surface area contributed by atoms with Crippen molar-refractivity contribution in [3.05, 3.63) is 94.4 Å². The van der Waals surface area contributed by atoms with Crippen LogP contribution in [0.4, 0.5) is 4.39 Å². The monoisotopic (exact) mass is 443 g/mol. The molecule has 1 N–H and O–H groups in total. The first-order valence-corrected chi connectivity index (χ1v) is 10.6. The fourth-order valence-electron chi connectivity index (χ4n) is 2.98. The summed E-state index contributed by atoms with van der Waals surface area (Å²) in [4.78, 5) is 23.8. The molecule has 0 bridgehead atoms. The number of rotatable bonds is 9. The van der Waals surface area contributed by atoms with Crippen molar-refractivity contribution in [3.8, 4) is 11.1 Å². The van der Waals surface area contributed by atoms with Crippen LogP contribution in [0.1, 0.15) is 18.0 Å². The molecule has 0 saturated carbocycles. The van der Waals surface area contributed by atoms with Crippen LogP contribution in [0.15, 0.2) is 88.9 Å². The van der Waals surface area contributed by atoms with Crippen LogP contribution in [0.5, 0.6) is 0 Å². The number of hydrogen-bond donors (Lipinski definition) is 1. The van der Waals surface area contributed by atoms with Gasteiger partial charge in [0.25, 0.3) is 0 Å². The second-order valence-corrected chi connectivity index (χ2v) is 8.31. The molecule has 3 aromatic carbocycles. The maximum absolute atomic E-state index is 15.3. The van der Waals surface area contributed by atoms with Gasteiger partial charge in [-0.1, -0.05) is 71.4 Å². The number of carbonyl (C=O) groups is 1. The van der Waals surface area contributed by atoms with Crippen molar-refractivity contribution < 1.29 is 14.3 Å². The molecule has 3 aromatic rings. The summed E-state index contributed by atoms with van der Waals surface area (Å²) in [6, 6.07) is 22.0. The van der Waals surface area contributed by atoms with Crippen molar-refractivity contribution in [2.45, 2.75) is 23.0 Å². The van der Waals surface area contributed by atoms with Gasteiger partial charge in [0.1, 0.15) is 6.04 Å². The van der Waals surface area contributed by atoms with E-state index in [2.05, 4.69) is 5.18 Å². The van der Waals surface area contributed by atoms with E-state index in [4.69, 9.17) is 11.6 Å². The molecule has 30 heavy (non-hydrogen) atoms. The third kappa shape index (κ3) is 5.46. The molecule has 4 nitrogen and oxygen atoms in total. The van der Waals surface area contributed by atoms with Gasteiger partial charge in [0.2, 0.25) is 5.67 Å². The number of thioether (sulfide) groups is 1. The molecule has 0 aliphatic heterocycles. The van der Waals surface area contributed by atoms with Gasteiger partial charge >= 0.3 is 5.97 Å². The van der Waals surface area contributed by atoms with E-state index in [1.165, 1.54) is 0 Å². The summed E-state index contributed by atoms with van der Waals surface area (Å²) in [5.41, 5.74) is -0.292. The molecule has 7 heteroatoms. The minimum atomic E-state index is -2.59. The molecule has 0 aromatic heterocycles. The van der Waals surface area contributed by atoms with Gasteiger partial charge in [-0.25, -0.2) is 9.18 Å². The average molecular weight is 444 g/mol. The van der Waals surface area contributed by atoms with E-state index in [1.54, 1.807) is 60.7 Å². The fourth-order valence-corrected chi connectivity index (χ4v) is 4.10. The van der Waals surface area contributed by atoms with Crippen LogP contribution in [-0.4, -0.2) is 22.5 Å². The number of alkyl halides is 1. The maximum Gasteiger partial charge on any atom is 0.342 e. The van der Waals surface area contributed by atoms with Crippen LogP contribution < -0.4 is 0 Å². The first-order chi connectivity index (χ1) is 14.4. The molecule has 0 saturated heterocycles. The predicted octanol–water partition coefficient (Wildman–Crippen LogP) is 6.79. The van der Waals surface area contributed by atoms with Gasteiger partial charge in [0, 0.05) is 22.1 Å². The molecule has 0 aliphatic rings. The lowest BCUT2D eigenvalue weighted by atomic mass is 9.93. The first-order valence-electron chi connectivity index (χ1n) is 9.20. The standard InChI is InChI=1S/C23H19ClFNO3S/c24-19-12-10-17(11-13-19)16-6-8-18(9-7-16)21(26-29)14-23(25,22(27)28)15-30-20-4-2-1-3-5-20/h1-13,21H,14-15H2,(H,27,28). The Kier molecular flexibility index (Phi) is 7.24. The lowest BCUT2D eigenvalue weighted by molar-refractivity contribution is -0.150. The molecule has 2 atom stereocenters. The highest BCUT2D eigenvalue weighted by molar-refractivity contribution is 7.99. The van der Waals surface area contributed by atoms with Crippen LogP contribution in [0.2, 0.25) is 5.02 Å². The molecule has 0 radical (unpaired) electrons. The summed E-state index contributed by atoms with van der Waals surface area (Å²) in [5, 5.41) is 13.1. The summed E-state index contributed by atoms with van der Waals surface area (Å²) >= 11 is 7.00. The van der Waals surface area contributed by atoms with E-state index in [1.807, 2.05) is 18.2 Å². The van der Waals surface area contributed by atoms with Gasteiger partial charge < -0.3 is 5.11 Å². The summed E-state index contributed by atoms with van der Waals surface area (Å²) in [7, 11) is 0. The summed E-state index contributed by atoms with van der Waals surface area (Å²) in [5.74, 6) is -1.92. The third-order valence-electron chi connectivity index (χ3n) is 4.71. The summed E-state index contributed by atoms with van der Waals surface area (Å²) in [6.45, 7) is 0. The van der Waals surface area contributed by atoms with Crippen molar-refractivity contribution in [2.75, 3.05) is 5.75 Å². The van der Waals surface area contributed by atoms with Gasteiger partial charge in [0.15, 0.2) is 0 Å². The van der Waals surface area contributed by atoms with Gasteiger partial charge in [-0.05, 0) is 41.0 Å². The Bertz CT molecular complexity index is 999. The minimum absolute atomic E-state index is 0.318. The molecule has 0 amide bonds. The van der Waals surface area contributed by atoms with Crippen LogP contribution in [0, 0.1) is 4.91 Å². The van der Waals surface area contributed by atoms with E-state index in [9.17, 15) is 14.8 Å². The van der Waals surface area contributed by atoms with Crippen LogP contribution in [0.3, 0.4) is 0 Å². The Hall–Kier alpha value is -2.70. The second-order valence-electron chi connectivity index (χ2n) is 6.83. The Morgan fingerprint density at radius 2 is 1.57 bits per heavy atom. The number of halogens is 2. The smallest absolute Gasteiger partial charge is 0.342 e. The normalized spacial score (nSPS) is 13.9. The van der Waals surface area contributed by atoms with Gasteiger partial charge in [-0.3, -0.25) is 0 Å². The Labute approximate surface area is 183 Å². The number of hydrogen-bond acceptors (Lipinski definition) is 4. The lowest BCUT2D eigenvalue weighted by Gasteiger charge is -2.23. The Balaban J connectivity index is 1.75. The van der Waals surface area contributed by atoms with Crippen LogP contribution in [0.25, 0.3) is 11.1 Å². The minimum Gasteiger partial charge on any atom is -0.479 e. The third-order valence-corrected chi connectivity index (χ3v) is 6.17. The predicted molar refractivity (Wildman–Crippen MR) is 119 cm³/mol. The zero-order valence-electron chi connectivity index (χ0n) is 15.9. The van der Waals surface area contributed by atoms with Gasteiger partial charge in [-0.15, -0.1) is 11.8 Å². The highest BCUT2D eigenvalue weighted by atomic mass is 35.5. The molecule has 154 valence electrons. The maximum atomic E-state index is 15.3. The topological polar surface area (TPSA) is 66.7 Å². The van der Waals surface area contributed by atoms with Crippen LogP contribution in [-0.2, 0) is 4.79 Å². The fraction of sp³-hybridized carbons (Fsp3) is 0.174. The number of carboxylic acids is 1. The molecule has 2 unspecified atom stereocenters. The second kappa shape index (κ2) is 9.87. The molecule has 0 heterocycles. The molecule has 3 rings (SSSR count). The molecular weight excluding hydrogens is 425 g/mol. The number of nitroso groups, excluding NO2 is 1. The van der Waals surface area contributed by atoms with Crippen LogP contribution >= 0.6 is 23.4 Å². The summed E-state index contributed by atoms with van der Waals surface area (Å²) in [6.07, 6.45) is -0.536. The van der Waals surface area contributed by atoms with E-state index in [0.29, 0.717) is 10.6 Å². The van der Waals surface area contributed by atoms with E-state index in [-0.39, 0.29) is 5.75 Å². The molecule has 0 fully saturated rings. The molecular formula is C23H19ClFNO3S. The summed E-state index contributed by atoms with van der Waals surface area (Å²) < 4.78 is 15.3. The highest BCUT2D eigenvalue weighted by Crippen LogP contribution is 2.35. The first kappa shape index (κ1) is 22.0. The number of benzene rings is 3. The molecule has 0 aliphatic carbocycles.